The van der Waals surface area contributed by atoms with E-state index in [-0.39, 0.29) is 30.4 Å². The van der Waals surface area contributed by atoms with Crippen molar-refractivity contribution in [3.05, 3.63) is 78.6 Å². The van der Waals surface area contributed by atoms with E-state index in [4.69, 9.17) is 12.2 Å². The molecule has 0 unspecified atom stereocenters. The maximum atomic E-state index is 14.9. The van der Waals surface area contributed by atoms with Crippen LogP contribution < -0.4 is 5.32 Å². The number of hydrogen-bond donors (Lipinski definition) is 3. The van der Waals surface area contributed by atoms with Gasteiger partial charge in [-0.3, -0.25) is 0 Å². The molecule has 0 amide bonds. The number of nitrogens with one attached hydrogen (secondary N) is 1. The lowest BCUT2D eigenvalue weighted by atomic mass is 9.85. The molecule has 2 atom stereocenters. The van der Waals surface area contributed by atoms with Crippen molar-refractivity contribution in [2.45, 2.75) is 25.1 Å². The van der Waals surface area contributed by atoms with Crippen molar-refractivity contribution in [2.75, 3.05) is 18.5 Å². The van der Waals surface area contributed by atoms with Gasteiger partial charge in [0.05, 0.1) is 24.9 Å². The number of aliphatic hydroxyl groups is 2. The number of nitrogens with zero attached hydrogens (tertiary/aromatic N) is 8. The molecule has 2 heterocycles. The van der Waals surface area contributed by atoms with Gasteiger partial charge in [-0.05, 0) is 59.9 Å². The second-order valence-corrected chi connectivity index (χ2v) is 8.35. The lowest BCUT2D eigenvalue weighted by Gasteiger charge is -2.42. The van der Waals surface area contributed by atoms with Crippen LogP contribution in [0.4, 0.5) is 14.5 Å². The first-order chi connectivity index (χ1) is 17.3. The number of benzene rings is 2. The molecule has 36 heavy (non-hydrogen) atoms. The van der Waals surface area contributed by atoms with Gasteiger partial charge in [0.25, 0.3) is 0 Å². The van der Waals surface area contributed by atoms with Gasteiger partial charge in [-0.25, -0.2) is 23.1 Å². The summed E-state index contributed by atoms with van der Waals surface area (Å²) in [5.41, 5.74) is -0.731. The molecule has 14 heteroatoms. The van der Waals surface area contributed by atoms with E-state index >= 15 is 0 Å². The molecule has 0 radical (unpaired) electrons. The minimum absolute atomic E-state index is 0.0260. The van der Waals surface area contributed by atoms with Crippen LogP contribution >= 0.6 is 12.2 Å². The van der Waals surface area contributed by atoms with Crippen LogP contribution in [0.2, 0.25) is 0 Å². The molecular formula is C22H23F2N9O2S. The molecule has 0 saturated heterocycles. The zero-order valence-corrected chi connectivity index (χ0v) is 19.9. The molecule has 0 fully saturated rings. The highest BCUT2D eigenvalue weighted by Gasteiger charge is 2.42. The number of thiocarbonyl (C=S) groups is 1. The third-order valence-electron chi connectivity index (χ3n) is 5.76. The van der Waals surface area contributed by atoms with Crippen molar-refractivity contribution in [1.82, 2.24) is 39.9 Å². The highest BCUT2D eigenvalue weighted by Crippen LogP contribution is 2.33. The quantitative estimate of drug-likeness (QED) is 0.282. The van der Waals surface area contributed by atoms with Gasteiger partial charge in [-0.15, -0.1) is 5.10 Å². The van der Waals surface area contributed by atoms with Crippen LogP contribution in [0.25, 0.3) is 5.69 Å². The normalized spacial score (nSPS) is 13.7. The van der Waals surface area contributed by atoms with Gasteiger partial charge in [-0.2, -0.15) is 5.10 Å². The smallest absolute Gasteiger partial charge is 0.173 e. The molecule has 0 aliphatic heterocycles. The summed E-state index contributed by atoms with van der Waals surface area (Å²) in [5.74, 6) is -1.70. The van der Waals surface area contributed by atoms with E-state index in [1.807, 2.05) is 0 Å². The molecule has 2 aromatic heterocycles. The first-order valence-corrected chi connectivity index (χ1v) is 11.2. The summed E-state index contributed by atoms with van der Waals surface area (Å²) in [4.78, 5) is 5.41. The third kappa shape index (κ3) is 5.35. The molecule has 0 bridgehead atoms. The van der Waals surface area contributed by atoms with Crippen molar-refractivity contribution in [2.24, 2.45) is 0 Å². The number of hydrogen-bond acceptors (Lipinski definition) is 8. The number of rotatable bonds is 9. The van der Waals surface area contributed by atoms with Gasteiger partial charge in [0.1, 0.15) is 36.2 Å². The van der Waals surface area contributed by atoms with Crippen LogP contribution in [0.15, 0.2) is 61.4 Å². The largest absolute Gasteiger partial charge is 0.395 e. The molecule has 4 rings (SSSR count). The first-order valence-electron chi connectivity index (χ1n) is 10.8. The van der Waals surface area contributed by atoms with E-state index in [2.05, 4.69) is 30.9 Å². The Hall–Kier alpha value is -3.88. The summed E-state index contributed by atoms with van der Waals surface area (Å²) < 4.78 is 31.4. The van der Waals surface area contributed by atoms with E-state index in [0.29, 0.717) is 11.8 Å². The number of aliphatic hydroxyl groups excluding tert-OH is 1. The minimum atomic E-state index is -1.93. The van der Waals surface area contributed by atoms with Gasteiger partial charge in [-0.1, -0.05) is 6.07 Å². The van der Waals surface area contributed by atoms with Crippen LogP contribution in [0.5, 0.6) is 0 Å². The second kappa shape index (κ2) is 10.8. The van der Waals surface area contributed by atoms with Gasteiger partial charge >= 0.3 is 0 Å². The lowest BCUT2D eigenvalue weighted by molar-refractivity contribution is -0.0474. The fraction of sp³-hybridized carbons (Fsp3) is 0.273. The summed E-state index contributed by atoms with van der Waals surface area (Å²) in [6.07, 6.45) is 4.11. The summed E-state index contributed by atoms with van der Waals surface area (Å²) in [7, 11) is 0. The van der Waals surface area contributed by atoms with Crippen molar-refractivity contribution in [3.8, 4) is 5.69 Å². The van der Waals surface area contributed by atoms with Crippen molar-refractivity contribution in [3.63, 3.8) is 0 Å². The minimum Gasteiger partial charge on any atom is -0.395 e. The first kappa shape index (κ1) is 25.2. The maximum Gasteiger partial charge on any atom is 0.173 e. The van der Waals surface area contributed by atoms with E-state index in [1.54, 1.807) is 31.2 Å². The number of aromatic nitrogens is 7. The molecule has 4 aromatic rings. The average molecular weight is 516 g/mol. The van der Waals surface area contributed by atoms with Crippen LogP contribution in [0.3, 0.4) is 0 Å². The Kier molecular flexibility index (Phi) is 7.57. The average Bonchev–Trinajstić information content (AvgIpc) is 3.57. The molecule has 0 saturated carbocycles. The van der Waals surface area contributed by atoms with Crippen molar-refractivity contribution < 1.29 is 19.0 Å². The van der Waals surface area contributed by atoms with Crippen LogP contribution in [0, 0.1) is 11.6 Å². The fourth-order valence-corrected chi connectivity index (χ4v) is 4.22. The molecule has 3 N–H and O–H groups in total. The molecule has 0 aliphatic rings. The Bertz CT molecular complexity index is 1290. The van der Waals surface area contributed by atoms with E-state index in [9.17, 15) is 19.0 Å². The maximum absolute atomic E-state index is 14.9. The zero-order chi connectivity index (χ0) is 25.7. The summed E-state index contributed by atoms with van der Waals surface area (Å²) in [6.45, 7) is 1.15. The highest BCUT2D eigenvalue weighted by molar-refractivity contribution is 7.80. The van der Waals surface area contributed by atoms with Crippen LogP contribution in [-0.2, 0) is 12.1 Å². The SMILES string of the molecule is C[C@H](N(CCO)C(=S)Nc1ccc(-n2cnnn2)cc1)[C@@](O)(Cn1cncn1)c1ccc(F)cc1F. The summed E-state index contributed by atoms with van der Waals surface area (Å²) >= 11 is 5.60. The molecule has 0 spiro atoms. The third-order valence-corrected chi connectivity index (χ3v) is 6.10. The van der Waals surface area contributed by atoms with Crippen molar-refractivity contribution in [1.29, 1.82) is 0 Å². The van der Waals surface area contributed by atoms with E-state index in [0.717, 1.165) is 11.8 Å². The van der Waals surface area contributed by atoms with Gasteiger partial charge in [0.2, 0.25) is 0 Å². The van der Waals surface area contributed by atoms with Gasteiger partial charge < -0.3 is 20.4 Å². The Labute approximate surface area is 210 Å². The molecule has 2 aromatic carbocycles. The fourth-order valence-electron chi connectivity index (χ4n) is 3.85. The monoisotopic (exact) mass is 515 g/mol. The predicted octanol–water partition coefficient (Wildman–Crippen LogP) is 1.50. The van der Waals surface area contributed by atoms with E-state index in [1.165, 1.54) is 39.3 Å². The lowest BCUT2D eigenvalue weighted by Crippen LogP contribution is -2.55. The number of anilines is 1. The highest BCUT2D eigenvalue weighted by atomic mass is 32.1. The zero-order valence-electron chi connectivity index (χ0n) is 19.1. The Balaban J connectivity index is 1.62. The molecule has 0 aliphatic carbocycles. The van der Waals surface area contributed by atoms with Crippen LogP contribution in [-0.4, -0.2) is 74.4 Å². The van der Waals surface area contributed by atoms with Gasteiger partial charge in [0.15, 0.2) is 5.11 Å². The second-order valence-electron chi connectivity index (χ2n) is 7.97. The summed E-state index contributed by atoms with van der Waals surface area (Å²) in [5, 5.41) is 39.9. The molecule has 188 valence electrons. The van der Waals surface area contributed by atoms with E-state index < -0.39 is 23.3 Å². The van der Waals surface area contributed by atoms with Crippen LogP contribution in [0.1, 0.15) is 12.5 Å². The Morgan fingerprint density at radius 1 is 1.19 bits per heavy atom. The topological polar surface area (TPSA) is 130 Å². The molecular weight excluding hydrogens is 492 g/mol. The standard InChI is InChI=1S/C22H23F2N9O2S/c1-15(22(35,11-31-13-25-12-27-31)19-7-2-16(23)10-20(19)24)32(8-9-34)21(36)28-17-3-5-18(6-4-17)33-14-26-29-30-33/h2-7,10,12-15,34-35H,8-9,11H2,1H3,(H,28,36)/t15-,22-/m0/s1. The Morgan fingerprint density at radius 3 is 2.58 bits per heavy atom. The Morgan fingerprint density at radius 2 is 1.97 bits per heavy atom. The molecule has 11 nitrogen and oxygen atoms in total. The number of tetrazole rings is 1. The van der Waals surface area contributed by atoms with Gasteiger partial charge in [0, 0.05) is 23.9 Å². The predicted molar refractivity (Wildman–Crippen MR) is 129 cm³/mol. The van der Waals surface area contributed by atoms with Crippen molar-refractivity contribution >= 4 is 23.0 Å². The summed E-state index contributed by atoms with van der Waals surface area (Å²) in [6, 6.07) is 9.12. The number of halogens is 2.